The Bertz CT molecular complexity index is 339. The highest BCUT2D eigenvalue weighted by Gasteiger charge is 2.12. The molecule has 1 aromatic heterocycles. The molecule has 102 valence electrons. The molecule has 0 spiro atoms. The van der Waals surface area contributed by atoms with Crippen molar-refractivity contribution in [1.82, 2.24) is 4.98 Å². The lowest BCUT2D eigenvalue weighted by atomic mass is 10.2. The van der Waals surface area contributed by atoms with Crippen LogP contribution in [0, 0.1) is 0 Å². The highest BCUT2D eigenvalue weighted by molar-refractivity contribution is 5.50. The second kappa shape index (κ2) is 7.89. The summed E-state index contributed by atoms with van der Waals surface area (Å²) < 4.78 is 10.8. The molecule has 0 aliphatic heterocycles. The van der Waals surface area contributed by atoms with Gasteiger partial charge in [-0.15, -0.1) is 0 Å². The lowest BCUT2D eigenvalue weighted by Crippen LogP contribution is -2.27. The van der Waals surface area contributed by atoms with Crippen LogP contribution in [0.5, 0.6) is 5.75 Å². The molecule has 0 bridgehead atoms. The predicted molar refractivity (Wildman–Crippen MR) is 71.0 cm³/mol. The van der Waals surface area contributed by atoms with Crippen molar-refractivity contribution < 1.29 is 14.6 Å². The zero-order valence-electron chi connectivity index (χ0n) is 11.2. The number of hydrogen-bond donors (Lipinski definition) is 2. The number of nitrogens with one attached hydrogen (secondary N) is 1. The van der Waals surface area contributed by atoms with Gasteiger partial charge in [0.05, 0.1) is 18.8 Å². The number of ether oxygens (including phenoxy) is 2. The Kier molecular flexibility index (Phi) is 6.46. The standard InChI is InChI=1S/C13H22N2O3/c1-10(2)18-12-5-4-7-14-13(12)15-11(6-8-16)9-17-3/h4-5,7,10-11,16H,6,8-9H2,1-3H3,(H,14,15). The van der Waals surface area contributed by atoms with Crippen molar-refractivity contribution in [2.75, 3.05) is 25.6 Å². The molecule has 1 unspecified atom stereocenters. The highest BCUT2D eigenvalue weighted by atomic mass is 16.5. The SMILES string of the molecule is COCC(CCO)Nc1ncccc1OC(C)C. The molecular formula is C13H22N2O3. The zero-order chi connectivity index (χ0) is 13.4. The van der Waals surface area contributed by atoms with Gasteiger partial charge in [0, 0.05) is 19.9 Å². The minimum absolute atomic E-state index is 0.0180. The minimum atomic E-state index is 0.0180. The summed E-state index contributed by atoms with van der Waals surface area (Å²) in [4.78, 5) is 4.26. The fourth-order valence-corrected chi connectivity index (χ4v) is 1.60. The Labute approximate surface area is 108 Å². The first-order valence-electron chi connectivity index (χ1n) is 6.15. The van der Waals surface area contributed by atoms with Crippen molar-refractivity contribution in [3.8, 4) is 5.75 Å². The van der Waals surface area contributed by atoms with Gasteiger partial charge in [0.15, 0.2) is 11.6 Å². The molecule has 1 heterocycles. The average Bonchev–Trinajstić information content (AvgIpc) is 2.31. The molecule has 1 atom stereocenters. The first-order chi connectivity index (χ1) is 8.67. The third kappa shape index (κ3) is 4.89. The second-order valence-corrected chi connectivity index (χ2v) is 4.33. The minimum Gasteiger partial charge on any atom is -0.487 e. The maximum atomic E-state index is 9.01. The molecule has 0 saturated heterocycles. The molecule has 0 amide bonds. The van der Waals surface area contributed by atoms with E-state index >= 15 is 0 Å². The molecule has 5 nitrogen and oxygen atoms in total. The first kappa shape index (κ1) is 14.7. The van der Waals surface area contributed by atoms with Crippen molar-refractivity contribution in [1.29, 1.82) is 0 Å². The van der Waals surface area contributed by atoms with Crippen molar-refractivity contribution in [2.24, 2.45) is 0 Å². The summed E-state index contributed by atoms with van der Waals surface area (Å²) in [7, 11) is 1.63. The monoisotopic (exact) mass is 254 g/mol. The van der Waals surface area contributed by atoms with Crippen LogP contribution in [0.1, 0.15) is 20.3 Å². The van der Waals surface area contributed by atoms with Gasteiger partial charge in [0.25, 0.3) is 0 Å². The molecule has 0 radical (unpaired) electrons. The summed E-state index contributed by atoms with van der Waals surface area (Å²) in [5, 5.41) is 12.2. The number of aliphatic hydroxyl groups excluding tert-OH is 1. The van der Waals surface area contributed by atoms with E-state index < -0.39 is 0 Å². The van der Waals surface area contributed by atoms with Crippen LogP contribution in [0.3, 0.4) is 0 Å². The maximum absolute atomic E-state index is 9.01. The topological polar surface area (TPSA) is 63.6 Å². The second-order valence-electron chi connectivity index (χ2n) is 4.33. The maximum Gasteiger partial charge on any atom is 0.169 e. The van der Waals surface area contributed by atoms with E-state index in [0.29, 0.717) is 24.6 Å². The first-order valence-corrected chi connectivity index (χ1v) is 6.15. The molecule has 0 aliphatic rings. The van der Waals surface area contributed by atoms with E-state index in [1.165, 1.54) is 0 Å². The quantitative estimate of drug-likeness (QED) is 0.739. The number of aliphatic hydroxyl groups is 1. The zero-order valence-corrected chi connectivity index (χ0v) is 11.2. The lowest BCUT2D eigenvalue weighted by molar-refractivity contribution is 0.169. The number of nitrogens with zero attached hydrogens (tertiary/aromatic N) is 1. The lowest BCUT2D eigenvalue weighted by Gasteiger charge is -2.20. The van der Waals surface area contributed by atoms with Gasteiger partial charge < -0.3 is 19.9 Å². The number of methoxy groups -OCH3 is 1. The summed E-state index contributed by atoms with van der Waals surface area (Å²) in [6.07, 6.45) is 2.40. The van der Waals surface area contributed by atoms with E-state index in [9.17, 15) is 0 Å². The van der Waals surface area contributed by atoms with Crippen molar-refractivity contribution in [3.05, 3.63) is 18.3 Å². The number of anilines is 1. The van der Waals surface area contributed by atoms with Crippen LogP contribution in [0.4, 0.5) is 5.82 Å². The number of rotatable bonds is 8. The number of hydrogen-bond acceptors (Lipinski definition) is 5. The van der Waals surface area contributed by atoms with Gasteiger partial charge in [-0.1, -0.05) is 0 Å². The van der Waals surface area contributed by atoms with Crippen LogP contribution in [0.15, 0.2) is 18.3 Å². The van der Waals surface area contributed by atoms with E-state index in [2.05, 4.69) is 10.3 Å². The average molecular weight is 254 g/mol. The molecule has 0 saturated carbocycles. The molecule has 0 aliphatic carbocycles. The Balaban J connectivity index is 2.74. The van der Waals surface area contributed by atoms with E-state index in [1.807, 2.05) is 26.0 Å². The van der Waals surface area contributed by atoms with E-state index in [4.69, 9.17) is 14.6 Å². The van der Waals surface area contributed by atoms with Crippen LogP contribution < -0.4 is 10.1 Å². The summed E-state index contributed by atoms with van der Waals surface area (Å²) in [5.41, 5.74) is 0. The van der Waals surface area contributed by atoms with Gasteiger partial charge >= 0.3 is 0 Å². The van der Waals surface area contributed by atoms with E-state index in [1.54, 1.807) is 13.3 Å². The normalized spacial score (nSPS) is 12.5. The van der Waals surface area contributed by atoms with E-state index in [-0.39, 0.29) is 18.8 Å². The van der Waals surface area contributed by atoms with Gasteiger partial charge in [-0.2, -0.15) is 0 Å². The fourth-order valence-electron chi connectivity index (χ4n) is 1.60. The van der Waals surface area contributed by atoms with Gasteiger partial charge in [0.2, 0.25) is 0 Å². The van der Waals surface area contributed by atoms with Crippen LogP contribution >= 0.6 is 0 Å². The molecule has 2 N–H and O–H groups in total. The predicted octanol–water partition coefficient (Wildman–Crippen LogP) is 1.68. The van der Waals surface area contributed by atoms with Gasteiger partial charge in [-0.05, 0) is 32.4 Å². The summed E-state index contributed by atoms with van der Waals surface area (Å²) >= 11 is 0. The molecule has 1 rings (SSSR count). The number of aromatic nitrogens is 1. The van der Waals surface area contributed by atoms with E-state index in [0.717, 1.165) is 0 Å². The smallest absolute Gasteiger partial charge is 0.169 e. The van der Waals surface area contributed by atoms with Crippen LogP contribution in [0.2, 0.25) is 0 Å². The van der Waals surface area contributed by atoms with Crippen LogP contribution in [-0.2, 0) is 4.74 Å². The fraction of sp³-hybridized carbons (Fsp3) is 0.615. The Hall–Kier alpha value is -1.33. The van der Waals surface area contributed by atoms with Gasteiger partial charge in [-0.25, -0.2) is 4.98 Å². The van der Waals surface area contributed by atoms with Crippen LogP contribution in [0.25, 0.3) is 0 Å². The molecular weight excluding hydrogens is 232 g/mol. The molecule has 5 heteroatoms. The third-order valence-corrected chi connectivity index (χ3v) is 2.32. The summed E-state index contributed by atoms with van der Waals surface area (Å²) in [6.45, 7) is 4.56. The highest BCUT2D eigenvalue weighted by Crippen LogP contribution is 2.23. The largest absolute Gasteiger partial charge is 0.487 e. The Morgan fingerprint density at radius 2 is 2.22 bits per heavy atom. The molecule has 1 aromatic rings. The van der Waals surface area contributed by atoms with Crippen molar-refractivity contribution >= 4 is 5.82 Å². The molecule has 18 heavy (non-hydrogen) atoms. The number of pyridine rings is 1. The molecule has 0 aromatic carbocycles. The Morgan fingerprint density at radius 3 is 2.83 bits per heavy atom. The van der Waals surface area contributed by atoms with Gasteiger partial charge in [-0.3, -0.25) is 0 Å². The Morgan fingerprint density at radius 1 is 1.44 bits per heavy atom. The van der Waals surface area contributed by atoms with Crippen molar-refractivity contribution in [2.45, 2.75) is 32.4 Å². The van der Waals surface area contributed by atoms with Crippen molar-refractivity contribution in [3.63, 3.8) is 0 Å². The summed E-state index contributed by atoms with van der Waals surface area (Å²) in [6, 6.07) is 3.72. The summed E-state index contributed by atoms with van der Waals surface area (Å²) in [5.74, 6) is 1.40. The van der Waals surface area contributed by atoms with Crippen LogP contribution in [-0.4, -0.2) is 42.6 Å². The van der Waals surface area contributed by atoms with Gasteiger partial charge in [0.1, 0.15) is 0 Å². The third-order valence-electron chi connectivity index (χ3n) is 2.32. The molecule has 0 fully saturated rings.